The number of anilines is 3. The molecule has 2 aromatic rings. The summed E-state index contributed by atoms with van der Waals surface area (Å²) in [6, 6.07) is 7.19. The van der Waals surface area contributed by atoms with Gasteiger partial charge in [-0.3, -0.25) is 5.32 Å². The normalized spacial score (nSPS) is 10.2. The minimum atomic E-state index is -0.469. The van der Waals surface area contributed by atoms with Crippen LogP contribution in [-0.2, 0) is 17.6 Å². The van der Waals surface area contributed by atoms with Gasteiger partial charge >= 0.3 is 6.09 Å². The van der Waals surface area contributed by atoms with E-state index in [1.807, 2.05) is 26.0 Å². The van der Waals surface area contributed by atoms with Gasteiger partial charge in [-0.25, -0.2) is 9.78 Å². The van der Waals surface area contributed by atoms with Crippen molar-refractivity contribution < 1.29 is 9.53 Å². The van der Waals surface area contributed by atoms with Gasteiger partial charge in [-0.1, -0.05) is 13.8 Å². The lowest BCUT2D eigenvalue weighted by Gasteiger charge is -2.09. The number of hydrogen-bond acceptors (Lipinski definition) is 6. The molecule has 1 aromatic heterocycles. The largest absolute Gasteiger partial charge is 0.450 e. The summed E-state index contributed by atoms with van der Waals surface area (Å²) in [5.41, 5.74) is 3.34. The van der Waals surface area contributed by atoms with Gasteiger partial charge in [0, 0.05) is 11.4 Å². The second kappa shape index (κ2) is 8.07. The fraction of sp³-hybridized carbons (Fsp3) is 0.375. The van der Waals surface area contributed by atoms with Crippen LogP contribution in [0.25, 0.3) is 0 Å². The van der Waals surface area contributed by atoms with Crippen LogP contribution in [0.1, 0.15) is 32.2 Å². The number of carbonyl (C=O) groups excluding carboxylic acids is 1. The summed E-state index contributed by atoms with van der Waals surface area (Å²) in [5.74, 6) is 0.463. The number of aryl methyl sites for hydroxylation is 2. The number of aromatic nitrogens is 3. The van der Waals surface area contributed by atoms with Crippen LogP contribution in [0.3, 0.4) is 0 Å². The topological polar surface area (TPSA) is 89.0 Å². The average Bonchev–Trinajstić information content (AvgIpc) is 2.56. The zero-order chi connectivity index (χ0) is 16.7. The van der Waals surface area contributed by atoms with Crippen molar-refractivity contribution in [2.75, 3.05) is 17.2 Å². The minimum absolute atomic E-state index is 0.337. The molecule has 0 radical (unpaired) electrons. The number of nitrogens with zero attached hydrogens (tertiary/aromatic N) is 3. The molecule has 0 atom stereocenters. The summed E-state index contributed by atoms with van der Waals surface area (Å²) in [7, 11) is 0. The Labute approximate surface area is 135 Å². The molecule has 0 aliphatic heterocycles. The lowest BCUT2D eigenvalue weighted by atomic mass is 10.2. The summed E-state index contributed by atoms with van der Waals surface area (Å²) in [4.78, 5) is 15.8. The molecule has 0 saturated carbocycles. The summed E-state index contributed by atoms with van der Waals surface area (Å²) < 4.78 is 4.83. The van der Waals surface area contributed by atoms with E-state index in [0.29, 0.717) is 18.2 Å². The third-order valence-corrected chi connectivity index (χ3v) is 3.17. The maximum Gasteiger partial charge on any atom is 0.411 e. The van der Waals surface area contributed by atoms with Gasteiger partial charge in [0.2, 0.25) is 5.95 Å². The highest BCUT2D eigenvalue weighted by Gasteiger charge is 2.07. The van der Waals surface area contributed by atoms with Crippen LogP contribution in [0.4, 0.5) is 22.1 Å². The maximum atomic E-state index is 11.3. The molecule has 0 spiro atoms. The Kier molecular flexibility index (Phi) is 5.85. The average molecular weight is 315 g/mol. The highest BCUT2D eigenvalue weighted by molar-refractivity contribution is 5.84. The van der Waals surface area contributed by atoms with Gasteiger partial charge < -0.3 is 10.1 Å². The fourth-order valence-corrected chi connectivity index (χ4v) is 2.04. The number of amides is 1. The molecule has 2 N–H and O–H groups in total. The van der Waals surface area contributed by atoms with Crippen LogP contribution < -0.4 is 10.6 Å². The first-order chi connectivity index (χ1) is 11.2. The van der Waals surface area contributed by atoms with Crippen molar-refractivity contribution in [3.8, 4) is 0 Å². The maximum absolute atomic E-state index is 11.3. The second-order valence-corrected chi connectivity index (χ2v) is 4.78. The Bertz CT molecular complexity index is 658. The quantitative estimate of drug-likeness (QED) is 0.850. The smallest absolute Gasteiger partial charge is 0.411 e. The summed E-state index contributed by atoms with van der Waals surface area (Å²) >= 11 is 0. The predicted molar refractivity (Wildman–Crippen MR) is 89.0 cm³/mol. The third kappa shape index (κ3) is 4.64. The van der Waals surface area contributed by atoms with Gasteiger partial charge in [-0.2, -0.15) is 0 Å². The van der Waals surface area contributed by atoms with Crippen LogP contribution in [0.2, 0.25) is 0 Å². The van der Waals surface area contributed by atoms with Crippen LogP contribution >= 0.6 is 0 Å². The van der Waals surface area contributed by atoms with Crippen LogP contribution in [0, 0.1) is 0 Å². The first-order valence-electron chi connectivity index (χ1n) is 7.69. The summed E-state index contributed by atoms with van der Waals surface area (Å²) in [6.07, 6.45) is 1.16. The number of ether oxygens (including phenoxy) is 1. The Morgan fingerprint density at radius 1 is 1.00 bits per heavy atom. The van der Waals surface area contributed by atoms with E-state index in [9.17, 15) is 4.79 Å². The highest BCUT2D eigenvalue weighted by atomic mass is 16.5. The Hall–Kier alpha value is -2.70. The Balaban J connectivity index is 2.04. The molecule has 0 unspecified atom stereocenters. The molecule has 1 heterocycles. The molecule has 1 amide bonds. The van der Waals surface area contributed by atoms with E-state index in [4.69, 9.17) is 4.74 Å². The predicted octanol–water partition coefficient (Wildman–Crippen LogP) is 3.31. The van der Waals surface area contributed by atoms with Crippen LogP contribution in [0.15, 0.2) is 24.3 Å². The molecule has 0 aliphatic carbocycles. The lowest BCUT2D eigenvalue weighted by Crippen LogP contribution is -2.13. The molecule has 0 saturated heterocycles. The zero-order valence-corrected chi connectivity index (χ0v) is 13.6. The number of rotatable bonds is 6. The standard InChI is InChI=1S/C16H21N5O2/c1-4-13-14(5-2)20-21-15(19-13)17-11-7-9-12(10-8-11)18-16(22)23-6-3/h7-10H,4-6H2,1-3H3,(H,18,22)(H,17,19,21). The molecule has 7 heteroatoms. The second-order valence-electron chi connectivity index (χ2n) is 4.78. The van der Waals surface area contributed by atoms with Crippen molar-refractivity contribution >= 4 is 23.4 Å². The molecule has 122 valence electrons. The fourth-order valence-electron chi connectivity index (χ4n) is 2.04. The van der Waals surface area contributed by atoms with Crippen molar-refractivity contribution in [2.45, 2.75) is 33.6 Å². The molecule has 23 heavy (non-hydrogen) atoms. The number of benzene rings is 1. The number of hydrogen-bond donors (Lipinski definition) is 2. The first-order valence-corrected chi connectivity index (χ1v) is 7.69. The molecule has 0 bridgehead atoms. The molecule has 7 nitrogen and oxygen atoms in total. The van der Waals surface area contributed by atoms with Gasteiger partial charge in [0.05, 0.1) is 18.0 Å². The van der Waals surface area contributed by atoms with Crippen LogP contribution in [0.5, 0.6) is 0 Å². The van der Waals surface area contributed by atoms with E-state index in [1.165, 1.54) is 0 Å². The number of nitrogens with one attached hydrogen (secondary N) is 2. The molecule has 0 fully saturated rings. The van der Waals surface area contributed by atoms with Crippen molar-refractivity contribution in [1.29, 1.82) is 0 Å². The molecule has 1 aromatic carbocycles. The van der Waals surface area contributed by atoms with Gasteiger partial charge in [0.1, 0.15) is 0 Å². The molecule has 2 rings (SSSR count). The van der Waals surface area contributed by atoms with E-state index >= 15 is 0 Å². The SMILES string of the molecule is CCOC(=O)Nc1ccc(Nc2nnc(CC)c(CC)n2)cc1. The van der Waals surface area contributed by atoms with Gasteiger partial charge in [0.15, 0.2) is 0 Å². The first kappa shape index (κ1) is 16.7. The van der Waals surface area contributed by atoms with Crippen LogP contribution in [-0.4, -0.2) is 27.9 Å². The molecule has 0 aliphatic rings. The summed E-state index contributed by atoms with van der Waals surface area (Å²) in [6.45, 7) is 6.17. The van der Waals surface area contributed by atoms with E-state index in [1.54, 1.807) is 19.1 Å². The van der Waals surface area contributed by atoms with E-state index in [0.717, 1.165) is 29.9 Å². The van der Waals surface area contributed by atoms with Gasteiger partial charge in [-0.05, 0) is 44.0 Å². The van der Waals surface area contributed by atoms with Crippen molar-refractivity contribution in [3.05, 3.63) is 35.7 Å². The third-order valence-electron chi connectivity index (χ3n) is 3.17. The number of carbonyl (C=O) groups is 1. The minimum Gasteiger partial charge on any atom is -0.450 e. The van der Waals surface area contributed by atoms with Crippen molar-refractivity contribution in [3.63, 3.8) is 0 Å². The molecular weight excluding hydrogens is 294 g/mol. The van der Waals surface area contributed by atoms with Crippen molar-refractivity contribution in [1.82, 2.24) is 15.2 Å². The zero-order valence-electron chi connectivity index (χ0n) is 13.6. The molecular formula is C16H21N5O2. The van der Waals surface area contributed by atoms with Gasteiger partial charge in [0.25, 0.3) is 0 Å². The Morgan fingerprint density at radius 3 is 2.26 bits per heavy atom. The van der Waals surface area contributed by atoms with Gasteiger partial charge in [-0.15, -0.1) is 10.2 Å². The Morgan fingerprint density at radius 2 is 1.65 bits per heavy atom. The van der Waals surface area contributed by atoms with E-state index in [2.05, 4.69) is 25.8 Å². The monoisotopic (exact) mass is 315 g/mol. The van der Waals surface area contributed by atoms with E-state index < -0.39 is 6.09 Å². The van der Waals surface area contributed by atoms with E-state index in [-0.39, 0.29) is 0 Å². The highest BCUT2D eigenvalue weighted by Crippen LogP contribution is 2.17. The lowest BCUT2D eigenvalue weighted by molar-refractivity contribution is 0.168. The summed E-state index contributed by atoms with van der Waals surface area (Å²) in [5, 5.41) is 14.0. The van der Waals surface area contributed by atoms with Crippen molar-refractivity contribution in [2.24, 2.45) is 0 Å².